The molecule has 18 heavy (non-hydrogen) atoms. The number of carbonyl (C=O) groups is 1. The molecular formula is C14H20N2O2. The lowest BCUT2D eigenvalue weighted by atomic mass is 10.0. The summed E-state index contributed by atoms with van der Waals surface area (Å²) in [6, 6.07) is 3.69. The Balaban J connectivity index is 2.06. The van der Waals surface area contributed by atoms with Crippen LogP contribution in [-0.4, -0.2) is 30.6 Å². The van der Waals surface area contributed by atoms with Crippen LogP contribution >= 0.6 is 0 Å². The van der Waals surface area contributed by atoms with Gasteiger partial charge in [0.15, 0.2) is 0 Å². The van der Waals surface area contributed by atoms with Crippen LogP contribution in [0.15, 0.2) is 18.3 Å². The van der Waals surface area contributed by atoms with Gasteiger partial charge in [-0.3, -0.25) is 0 Å². The molecular weight excluding hydrogens is 228 g/mol. The molecule has 2 unspecified atom stereocenters. The lowest BCUT2D eigenvalue weighted by Crippen LogP contribution is -2.20. The first-order chi connectivity index (χ1) is 8.61. The monoisotopic (exact) mass is 248 g/mol. The van der Waals surface area contributed by atoms with Crippen molar-refractivity contribution in [1.82, 2.24) is 4.98 Å². The predicted molar refractivity (Wildman–Crippen MR) is 70.7 cm³/mol. The van der Waals surface area contributed by atoms with E-state index in [1.54, 1.807) is 19.2 Å². The number of carbonyl (C=O) groups excluding carboxylic acids is 1. The van der Waals surface area contributed by atoms with Crippen LogP contribution in [0.25, 0.3) is 0 Å². The minimum absolute atomic E-state index is 0.306. The van der Waals surface area contributed by atoms with Crippen molar-refractivity contribution < 1.29 is 9.53 Å². The summed E-state index contributed by atoms with van der Waals surface area (Å²) in [6.07, 6.45) is 1.60. The van der Waals surface area contributed by atoms with Crippen LogP contribution < -0.4 is 4.90 Å². The first-order valence-electron chi connectivity index (χ1n) is 6.50. The molecule has 4 nitrogen and oxygen atoms in total. The summed E-state index contributed by atoms with van der Waals surface area (Å²) in [7, 11) is 0. The van der Waals surface area contributed by atoms with Crippen LogP contribution in [-0.2, 0) is 4.74 Å². The maximum atomic E-state index is 11.5. The first kappa shape index (κ1) is 12.9. The normalized spacial score (nSPS) is 23.2. The average molecular weight is 248 g/mol. The number of pyridine rings is 1. The van der Waals surface area contributed by atoms with Gasteiger partial charge in [-0.1, -0.05) is 13.8 Å². The van der Waals surface area contributed by atoms with Crippen molar-refractivity contribution in [2.24, 2.45) is 11.8 Å². The third kappa shape index (κ3) is 2.63. The second-order valence-corrected chi connectivity index (χ2v) is 4.99. The highest BCUT2D eigenvalue weighted by atomic mass is 16.5. The molecule has 1 aliphatic rings. The van der Waals surface area contributed by atoms with Crippen LogP contribution in [0.2, 0.25) is 0 Å². The maximum Gasteiger partial charge on any atom is 0.339 e. The smallest absolute Gasteiger partial charge is 0.339 e. The van der Waals surface area contributed by atoms with E-state index in [0.29, 0.717) is 24.0 Å². The van der Waals surface area contributed by atoms with Gasteiger partial charge in [-0.2, -0.15) is 0 Å². The Morgan fingerprint density at radius 2 is 2.06 bits per heavy atom. The molecule has 1 aromatic rings. The zero-order valence-corrected chi connectivity index (χ0v) is 11.2. The van der Waals surface area contributed by atoms with Crippen LogP contribution in [0.4, 0.5) is 5.82 Å². The molecule has 1 aliphatic heterocycles. The van der Waals surface area contributed by atoms with Crippen molar-refractivity contribution in [2.45, 2.75) is 20.8 Å². The van der Waals surface area contributed by atoms with Gasteiger partial charge in [0.1, 0.15) is 5.82 Å². The summed E-state index contributed by atoms with van der Waals surface area (Å²) >= 11 is 0. The van der Waals surface area contributed by atoms with Crippen molar-refractivity contribution in [2.75, 3.05) is 24.6 Å². The number of hydrogen-bond acceptors (Lipinski definition) is 4. The van der Waals surface area contributed by atoms with Crippen molar-refractivity contribution in [3.05, 3.63) is 23.9 Å². The molecule has 0 bridgehead atoms. The highest BCUT2D eigenvalue weighted by Crippen LogP contribution is 2.26. The summed E-state index contributed by atoms with van der Waals surface area (Å²) in [5.41, 5.74) is 0.515. The van der Waals surface area contributed by atoms with E-state index in [9.17, 15) is 4.79 Å². The summed E-state index contributed by atoms with van der Waals surface area (Å²) in [6.45, 7) is 8.78. The lowest BCUT2D eigenvalue weighted by Gasteiger charge is -2.17. The molecule has 1 fully saturated rings. The molecule has 2 heterocycles. The third-order valence-corrected chi connectivity index (χ3v) is 3.57. The Morgan fingerprint density at radius 3 is 2.56 bits per heavy atom. The molecule has 2 rings (SSSR count). The number of anilines is 1. The van der Waals surface area contributed by atoms with E-state index in [0.717, 1.165) is 18.9 Å². The van der Waals surface area contributed by atoms with E-state index < -0.39 is 0 Å². The molecule has 2 atom stereocenters. The Bertz CT molecular complexity index is 406. The van der Waals surface area contributed by atoms with E-state index >= 15 is 0 Å². The zero-order valence-electron chi connectivity index (χ0n) is 11.2. The largest absolute Gasteiger partial charge is 0.462 e. The summed E-state index contributed by atoms with van der Waals surface area (Å²) in [5.74, 6) is 2.02. The van der Waals surface area contributed by atoms with Gasteiger partial charge < -0.3 is 9.64 Å². The van der Waals surface area contributed by atoms with Gasteiger partial charge in [0, 0.05) is 19.3 Å². The minimum atomic E-state index is -0.306. The van der Waals surface area contributed by atoms with E-state index in [4.69, 9.17) is 4.74 Å². The van der Waals surface area contributed by atoms with Gasteiger partial charge in [0.2, 0.25) is 0 Å². The second kappa shape index (κ2) is 5.38. The van der Waals surface area contributed by atoms with E-state index in [-0.39, 0.29) is 5.97 Å². The fourth-order valence-electron chi connectivity index (χ4n) is 2.23. The Labute approximate surface area is 108 Å². The Kier molecular flexibility index (Phi) is 3.84. The number of aromatic nitrogens is 1. The quantitative estimate of drug-likeness (QED) is 0.770. The SMILES string of the molecule is CCOC(=O)c1ccc(N2CC(C)C(C)C2)nc1. The number of nitrogens with zero attached hydrogens (tertiary/aromatic N) is 2. The van der Waals surface area contributed by atoms with Crippen molar-refractivity contribution in [3.8, 4) is 0 Å². The zero-order chi connectivity index (χ0) is 13.1. The number of rotatable bonds is 3. The molecule has 0 saturated carbocycles. The standard InChI is InChI=1S/C14H20N2O2/c1-4-18-14(17)12-5-6-13(15-7-12)16-8-10(2)11(3)9-16/h5-7,10-11H,4,8-9H2,1-3H3. The van der Waals surface area contributed by atoms with Crippen LogP contribution in [0.5, 0.6) is 0 Å². The van der Waals surface area contributed by atoms with Crippen LogP contribution in [0, 0.1) is 11.8 Å². The second-order valence-electron chi connectivity index (χ2n) is 4.99. The molecule has 0 aromatic carbocycles. The van der Waals surface area contributed by atoms with Gasteiger partial charge in [-0.25, -0.2) is 9.78 Å². The maximum absolute atomic E-state index is 11.5. The highest BCUT2D eigenvalue weighted by molar-refractivity contribution is 5.89. The lowest BCUT2D eigenvalue weighted by molar-refractivity contribution is 0.0526. The number of esters is 1. The summed E-state index contributed by atoms with van der Waals surface area (Å²) in [5, 5.41) is 0. The van der Waals surface area contributed by atoms with Gasteiger partial charge in [0.05, 0.1) is 12.2 Å². The Hall–Kier alpha value is -1.58. The van der Waals surface area contributed by atoms with Crippen molar-refractivity contribution in [3.63, 3.8) is 0 Å². The highest BCUT2D eigenvalue weighted by Gasteiger charge is 2.26. The van der Waals surface area contributed by atoms with Gasteiger partial charge >= 0.3 is 5.97 Å². The van der Waals surface area contributed by atoms with Crippen molar-refractivity contribution in [1.29, 1.82) is 0 Å². The molecule has 0 amide bonds. The van der Waals surface area contributed by atoms with E-state index in [1.807, 2.05) is 6.07 Å². The molecule has 1 saturated heterocycles. The van der Waals surface area contributed by atoms with Crippen LogP contribution in [0.1, 0.15) is 31.1 Å². The minimum Gasteiger partial charge on any atom is -0.462 e. The topological polar surface area (TPSA) is 42.4 Å². The summed E-state index contributed by atoms with van der Waals surface area (Å²) in [4.78, 5) is 18.1. The van der Waals surface area contributed by atoms with E-state index in [2.05, 4.69) is 23.7 Å². The molecule has 0 radical (unpaired) electrons. The predicted octanol–water partition coefficient (Wildman–Crippen LogP) is 2.35. The van der Waals surface area contributed by atoms with Crippen LogP contribution in [0.3, 0.4) is 0 Å². The molecule has 0 aliphatic carbocycles. The van der Waals surface area contributed by atoms with Gasteiger partial charge in [0.25, 0.3) is 0 Å². The molecule has 0 spiro atoms. The molecule has 4 heteroatoms. The third-order valence-electron chi connectivity index (χ3n) is 3.57. The number of hydrogen-bond donors (Lipinski definition) is 0. The summed E-state index contributed by atoms with van der Waals surface area (Å²) < 4.78 is 4.93. The number of ether oxygens (including phenoxy) is 1. The van der Waals surface area contributed by atoms with E-state index in [1.165, 1.54) is 0 Å². The first-order valence-corrected chi connectivity index (χ1v) is 6.50. The van der Waals surface area contributed by atoms with Gasteiger partial charge in [-0.15, -0.1) is 0 Å². The molecule has 1 aromatic heterocycles. The molecule has 0 N–H and O–H groups in total. The van der Waals surface area contributed by atoms with Crippen molar-refractivity contribution >= 4 is 11.8 Å². The fraction of sp³-hybridized carbons (Fsp3) is 0.571. The fourth-order valence-corrected chi connectivity index (χ4v) is 2.23. The van der Waals surface area contributed by atoms with Gasteiger partial charge in [-0.05, 0) is 30.9 Å². The Morgan fingerprint density at radius 1 is 1.39 bits per heavy atom. The average Bonchev–Trinajstić information content (AvgIpc) is 2.70. The molecule has 98 valence electrons.